The number of benzene rings is 1. The van der Waals surface area contributed by atoms with Crippen molar-refractivity contribution in [2.45, 2.75) is 29.7 Å². The third-order valence-corrected chi connectivity index (χ3v) is 6.54. The summed E-state index contributed by atoms with van der Waals surface area (Å²) in [7, 11) is 0. The number of urea groups is 1. The Hall–Kier alpha value is -2.19. The van der Waals surface area contributed by atoms with Gasteiger partial charge in [0.05, 0.1) is 11.9 Å². The van der Waals surface area contributed by atoms with E-state index in [1.165, 1.54) is 25.1 Å². The lowest BCUT2D eigenvalue weighted by molar-refractivity contribution is 0.117. The van der Waals surface area contributed by atoms with Gasteiger partial charge in [0.1, 0.15) is 5.82 Å². The van der Waals surface area contributed by atoms with Gasteiger partial charge >= 0.3 is 6.03 Å². The summed E-state index contributed by atoms with van der Waals surface area (Å²) in [6.07, 6.45) is 3.93. The van der Waals surface area contributed by atoms with Gasteiger partial charge in [-0.05, 0) is 37.1 Å². The molecule has 1 aromatic carbocycles. The summed E-state index contributed by atoms with van der Waals surface area (Å²) in [5.74, 6) is -1.03. The summed E-state index contributed by atoms with van der Waals surface area (Å²) in [4.78, 5) is 18.0. The first kappa shape index (κ1) is 19.6. The van der Waals surface area contributed by atoms with Crippen molar-refractivity contribution in [2.24, 2.45) is 5.92 Å². The predicted octanol–water partition coefficient (Wildman–Crippen LogP) is 3.96. The number of alkyl halides is 1. The summed E-state index contributed by atoms with van der Waals surface area (Å²) in [6, 6.07) is 8.40. The van der Waals surface area contributed by atoms with E-state index in [1.807, 2.05) is 0 Å². The van der Waals surface area contributed by atoms with Crippen molar-refractivity contribution in [3.8, 4) is 0 Å². The molecule has 0 spiro atoms. The number of carbonyl (C=O) groups is 1. The van der Waals surface area contributed by atoms with Crippen LogP contribution in [0, 0.1) is 11.7 Å². The molecule has 5 nitrogen and oxygen atoms in total. The Bertz CT molecular complexity index is 784. The van der Waals surface area contributed by atoms with E-state index in [4.69, 9.17) is 0 Å². The third kappa shape index (κ3) is 4.56. The highest BCUT2D eigenvalue weighted by atomic mass is 32.2. The number of pyridine rings is 1. The number of piperidine rings is 1. The van der Waals surface area contributed by atoms with Gasteiger partial charge < -0.3 is 14.8 Å². The van der Waals surface area contributed by atoms with Gasteiger partial charge in [-0.15, -0.1) is 0 Å². The Labute approximate surface area is 160 Å². The Morgan fingerprint density at radius 3 is 2.70 bits per heavy atom. The van der Waals surface area contributed by atoms with Crippen molar-refractivity contribution >= 4 is 22.9 Å². The fraction of sp³-hybridized carbons (Fsp3) is 0.368. The molecule has 2 atom stereocenters. The average Bonchev–Trinajstić information content (AvgIpc) is 2.68. The van der Waals surface area contributed by atoms with Crippen molar-refractivity contribution in [3.63, 3.8) is 0 Å². The highest BCUT2D eigenvalue weighted by Crippen LogP contribution is 2.39. The van der Waals surface area contributed by atoms with Crippen LogP contribution in [0.1, 0.15) is 19.8 Å². The number of carbonyl (C=O) groups excluding carboxylic acids is 1. The van der Waals surface area contributed by atoms with Crippen molar-refractivity contribution in [2.75, 3.05) is 18.4 Å². The second-order valence-electron chi connectivity index (χ2n) is 6.65. The topological polar surface area (TPSA) is 68.3 Å². The van der Waals surface area contributed by atoms with Crippen LogP contribution in [0.5, 0.6) is 0 Å². The maximum Gasteiger partial charge on any atom is 0.321 e. The summed E-state index contributed by atoms with van der Waals surface area (Å²) in [5.41, 5.74) is 0.590. The number of likely N-dealkylation sites (tertiary alicyclic amines) is 1. The number of aromatic nitrogens is 1. The number of hydrogen-bond donors (Lipinski definition) is 1. The van der Waals surface area contributed by atoms with Crippen LogP contribution in [-0.2, 0) is 11.2 Å². The van der Waals surface area contributed by atoms with Crippen LogP contribution in [0.3, 0.4) is 0 Å². The number of rotatable bonds is 4. The lowest BCUT2D eigenvalue weighted by atomic mass is 9.92. The molecule has 0 aliphatic carbocycles. The molecule has 1 saturated heterocycles. The van der Waals surface area contributed by atoms with Gasteiger partial charge in [-0.1, -0.05) is 6.07 Å². The van der Waals surface area contributed by atoms with Gasteiger partial charge in [-0.25, -0.2) is 9.18 Å². The smallest absolute Gasteiger partial charge is 0.321 e. The number of nitrogens with one attached hydrogen (secondary N) is 1. The van der Waals surface area contributed by atoms with Gasteiger partial charge in [0, 0.05) is 49.4 Å². The second kappa shape index (κ2) is 8.22. The molecule has 0 saturated carbocycles. The molecule has 1 fully saturated rings. The van der Waals surface area contributed by atoms with E-state index in [-0.39, 0.29) is 10.9 Å². The van der Waals surface area contributed by atoms with E-state index < -0.39 is 27.9 Å². The molecule has 1 aliphatic rings. The van der Waals surface area contributed by atoms with Gasteiger partial charge in [0.15, 0.2) is 4.90 Å². The molecule has 1 aromatic heterocycles. The summed E-state index contributed by atoms with van der Waals surface area (Å²) in [6.45, 7) is 2.01. The second-order valence-corrected chi connectivity index (χ2v) is 8.45. The summed E-state index contributed by atoms with van der Waals surface area (Å²) in [5, 5.41) is 0.749. The number of anilines is 1. The monoisotopic (exact) mass is 393 g/mol. The molecule has 27 heavy (non-hydrogen) atoms. The van der Waals surface area contributed by atoms with E-state index in [0.717, 1.165) is 6.07 Å². The van der Waals surface area contributed by atoms with Crippen LogP contribution in [0.25, 0.3) is 0 Å². The van der Waals surface area contributed by atoms with Crippen LogP contribution < -0.4 is 5.32 Å². The molecule has 8 heteroatoms. The summed E-state index contributed by atoms with van der Waals surface area (Å²) >= 11 is -1.99. The highest BCUT2D eigenvalue weighted by Gasteiger charge is 2.48. The number of halogens is 2. The van der Waals surface area contributed by atoms with Crippen LogP contribution >= 0.6 is 0 Å². The molecule has 0 bridgehead atoms. The highest BCUT2D eigenvalue weighted by molar-refractivity contribution is 7.92. The average molecular weight is 393 g/mol. The maximum atomic E-state index is 15.3. The minimum Gasteiger partial charge on any atom is -0.609 e. The first-order chi connectivity index (χ1) is 12.9. The molecule has 2 amide bonds. The normalized spacial score (nSPS) is 18.6. The van der Waals surface area contributed by atoms with E-state index in [1.54, 1.807) is 29.4 Å². The molecule has 2 heterocycles. The molecule has 2 aromatic rings. The standard InChI is InChI=1S/C19H21F2N3O2S/c1-19(21,27(26)17-6-2-4-15(20)12-17)14-7-10-24(11-8-14)18(25)23-16-5-3-9-22-13-16/h2-6,9,12-14H,7-8,10-11H2,1H3,(H,23,25). The first-order valence-corrected chi connectivity index (χ1v) is 9.85. The zero-order valence-electron chi connectivity index (χ0n) is 14.9. The molecule has 2 unspecified atom stereocenters. The van der Waals surface area contributed by atoms with Crippen LogP contribution in [0.4, 0.5) is 19.3 Å². The van der Waals surface area contributed by atoms with Crippen LogP contribution in [-0.4, -0.2) is 38.6 Å². The van der Waals surface area contributed by atoms with Crippen molar-refractivity contribution < 1.29 is 18.1 Å². The van der Waals surface area contributed by atoms with E-state index in [9.17, 15) is 13.7 Å². The largest absolute Gasteiger partial charge is 0.609 e. The Balaban J connectivity index is 1.59. The third-order valence-electron chi connectivity index (χ3n) is 4.80. The van der Waals surface area contributed by atoms with Gasteiger partial charge in [0.25, 0.3) is 5.00 Å². The zero-order valence-corrected chi connectivity index (χ0v) is 15.7. The first-order valence-electron chi connectivity index (χ1n) is 8.70. The molecule has 1 aliphatic heterocycles. The summed E-state index contributed by atoms with van der Waals surface area (Å²) < 4.78 is 41.3. The lowest BCUT2D eigenvalue weighted by Gasteiger charge is -2.37. The quantitative estimate of drug-likeness (QED) is 0.800. The Morgan fingerprint density at radius 1 is 1.33 bits per heavy atom. The lowest BCUT2D eigenvalue weighted by Crippen LogP contribution is -2.48. The molecular formula is C19H21F2N3O2S. The van der Waals surface area contributed by atoms with E-state index in [0.29, 0.717) is 31.6 Å². The van der Waals surface area contributed by atoms with Gasteiger partial charge in [-0.3, -0.25) is 4.98 Å². The maximum absolute atomic E-state index is 15.3. The molecular weight excluding hydrogens is 372 g/mol. The Kier molecular flexibility index (Phi) is 5.96. The van der Waals surface area contributed by atoms with Crippen molar-refractivity contribution in [3.05, 3.63) is 54.6 Å². The minimum atomic E-state index is -2.00. The number of amides is 2. The number of hydrogen-bond acceptors (Lipinski definition) is 3. The van der Waals surface area contributed by atoms with E-state index >= 15 is 4.39 Å². The Morgan fingerprint density at radius 2 is 2.07 bits per heavy atom. The SMILES string of the molecule is CC(F)(C1CCN(C(=O)Nc2cccnc2)CC1)[S+]([O-])c1cccc(F)c1. The molecule has 1 N–H and O–H groups in total. The van der Waals surface area contributed by atoms with Crippen LogP contribution in [0.2, 0.25) is 0 Å². The predicted molar refractivity (Wildman–Crippen MR) is 99.9 cm³/mol. The number of nitrogens with zero attached hydrogens (tertiary/aromatic N) is 2. The van der Waals surface area contributed by atoms with Crippen molar-refractivity contribution in [1.82, 2.24) is 9.88 Å². The molecule has 144 valence electrons. The fourth-order valence-electron chi connectivity index (χ4n) is 3.20. The zero-order chi connectivity index (χ0) is 19.4. The van der Waals surface area contributed by atoms with Gasteiger partial charge in [0.2, 0.25) is 0 Å². The minimum absolute atomic E-state index is 0.136. The van der Waals surface area contributed by atoms with Crippen LogP contribution in [0.15, 0.2) is 53.7 Å². The molecule has 0 radical (unpaired) electrons. The van der Waals surface area contributed by atoms with Crippen molar-refractivity contribution in [1.29, 1.82) is 0 Å². The van der Waals surface area contributed by atoms with E-state index in [2.05, 4.69) is 10.3 Å². The fourth-order valence-corrected chi connectivity index (χ4v) is 4.62. The molecule has 3 rings (SSSR count). The van der Waals surface area contributed by atoms with Gasteiger partial charge in [-0.2, -0.15) is 4.39 Å².